The maximum absolute atomic E-state index is 8.68. The van der Waals surface area contributed by atoms with Gasteiger partial charge in [0.25, 0.3) is 0 Å². The van der Waals surface area contributed by atoms with E-state index in [-0.39, 0.29) is 0 Å². The standard InChI is InChI=1S/C11H9N3/c12-6-5-8-9-2-1-7-14-11(9)4-3-10(8)13/h1-4,7H,5,13H2. The third-order valence-corrected chi connectivity index (χ3v) is 2.19. The molecule has 0 radical (unpaired) electrons. The Bertz CT molecular complexity index is 511. The second kappa shape index (κ2) is 3.35. The van der Waals surface area contributed by atoms with E-state index in [9.17, 15) is 0 Å². The Kier molecular flexibility index (Phi) is 2.04. The van der Waals surface area contributed by atoms with Crippen LogP contribution >= 0.6 is 0 Å². The summed E-state index contributed by atoms with van der Waals surface area (Å²) < 4.78 is 0. The highest BCUT2D eigenvalue weighted by molar-refractivity contribution is 5.86. The molecule has 3 nitrogen and oxygen atoms in total. The van der Waals surface area contributed by atoms with Gasteiger partial charge in [-0.2, -0.15) is 5.26 Å². The van der Waals surface area contributed by atoms with Gasteiger partial charge in [0.15, 0.2) is 0 Å². The molecule has 14 heavy (non-hydrogen) atoms. The normalized spacial score (nSPS) is 9.93. The second-order valence-electron chi connectivity index (χ2n) is 3.04. The number of hydrogen-bond acceptors (Lipinski definition) is 3. The molecule has 0 spiro atoms. The van der Waals surface area contributed by atoms with Crippen molar-refractivity contribution in [3.05, 3.63) is 36.0 Å². The lowest BCUT2D eigenvalue weighted by Gasteiger charge is -2.05. The van der Waals surface area contributed by atoms with Gasteiger partial charge >= 0.3 is 0 Å². The van der Waals surface area contributed by atoms with Crippen molar-refractivity contribution in [1.29, 1.82) is 5.26 Å². The minimum atomic E-state index is 0.328. The van der Waals surface area contributed by atoms with E-state index in [4.69, 9.17) is 11.0 Å². The predicted octanol–water partition coefficient (Wildman–Crippen LogP) is 1.88. The Morgan fingerprint density at radius 2 is 2.21 bits per heavy atom. The van der Waals surface area contributed by atoms with Crippen LogP contribution in [0.15, 0.2) is 30.5 Å². The Morgan fingerprint density at radius 1 is 1.36 bits per heavy atom. The van der Waals surface area contributed by atoms with Gasteiger partial charge in [-0.15, -0.1) is 0 Å². The summed E-state index contributed by atoms with van der Waals surface area (Å²) in [6.45, 7) is 0. The SMILES string of the molecule is N#CCc1c(N)ccc2ncccc12. The van der Waals surface area contributed by atoms with E-state index < -0.39 is 0 Å². The van der Waals surface area contributed by atoms with E-state index in [0.29, 0.717) is 12.1 Å². The largest absolute Gasteiger partial charge is 0.398 e. The van der Waals surface area contributed by atoms with Gasteiger partial charge < -0.3 is 5.73 Å². The summed E-state index contributed by atoms with van der Waals surface area (Å²) in [5.74, 6) is 0. The predicted molar refractivity (Wildman–Crippen MR) is 55.5 cm³/mol. The van der Waals surface area contributed by atoms with Crippen LogP contribution < -0.4 is 5.73 Å². The van der Waals surface area contributed by atoms with E-state index in [0.717, 1.165) is 16.5 Å². The molecule has 0 atom stereocenters. The molecule has 1 aromatic heterocycles. The molecule has 2 rings (SSSR count). The summed E-state index contributed by atoms with van der Waals surface area (Å²) in [6.07, 6.45) is 2.06. The summed E-state index contributed by atoms with van der Waals surface area (Å²) in [6, 6.07) is 9.56. The molecule has 2 aromatic rings. The van der Waals surface area contributed by atoms with Gasteiger partial charge in [0.2, 0.25) is 0 Å². The van der Waals surface area contributed by atoms with E-state index >= 15 is 0 Å². The Hall–Kier alpha value is -2.08. The van der Waals surface area contributed by atoms with Crippen LogP contribution in [0, 0.1) is 11.3 Å². The van der Waals surface area contributed by atoms with Gasteiger partial charge in [0, 0.05) is 17.3 Å². The van der Waals surface area contributed by atoms with Gasteiger partial charge in [-0.25, -0.2) is 0 Å². The molecule has 0 saturated carbocycles. The molecule has 68 valence electrons. The van der Waals surface area contributed by atoms with Crippen LogP contribution in [-0.2, 0) is 6.42 Å². The Labute approximate surface area is 81.8 Å². The first kappa shape index (κ1) is 8.52. The van der Waals surface area contributed by atoms with Gasteiger partial charge in [-0.1, -0.05) is 6.07 Å². The highest BCUT2D eigenvalue weighted by Crippen LogP contribution is 2.22. The number of nitrogens with two attached hydrogens (primary N) is 1. The van der Waals surface area contributed by atoms with E-state index in [1.54, 1.807) is 12.3 Å². The number of rotatable bonds is 1. The minimum absolute atomic E-state index is 0.328. The smallest absolute Gasteiger partial charge is 0.0706 e. The van der Waals surface area contributed by atoms with Gasteiger partial charge in [0.05, 0.1) is 18.0 Å². The average molecular weight is 183 g/mol. The monoisotopic (exact) mass is 183 g/mol. The molecular weight excluding hydrogens is 174 g/mol. The third kappa shape index (κ3) is 1.27. The first-order chi connectivity index (χ1) is 6.83. The number of nitriles is 1. The second-order valence-corrected chi connectivity index (χ2v) is 3.04. The molecule has 0 fully saturated rings. The van der Waals surface area contributed by atoms with Crippen molar-refractivity contribution in [1.82, 2.24) is 4.98 Å². The summed E-state index contributed by atoms with van der Waals surface area (Å²) in [5.41, 5.74) is 8.21. The summed E-state index contributed by atoms with van der Waals surface area (Å²) in [4.78, 5) is 4.20. The molecule has 0 saturated heterocycles. The lowest BCUT2D eigenvalue weighted by molar-refractivity contribution is 1.28. The average Bonchev–Trinajstić information content (AvgIpc) is 2.23. The fourth-order valence-electron chi connectivity index (χ4n) is 1.51. The van der Waals surface area contributed by atoms with Crippen molar-refractivity contribution in [2.45, 2.75) is 6.42 Å². The lowest BCUT2D eigenvalue weighted by atomic mass is 10.0. The molecule has 0 unspecified atom stereocenters. The zero-order valence-corrected chi connectivity index (χ0v) is 7.57. The van der Waals surface area contributed by atoms with Crippen molar-refractivity contribution in [2.75, 3.05) is 5.73 Å². The van der Waals surface area contributed by atoms with E-state index in [1.165, 1.54) is 0 Å². The molecule has 1 aromatic carbocycles. The van der Waals surface area contributed by atoms with E-state index in [2.05, 4.69) is 11.1 Å². The number of aromatic nitrogens is 1. The number of benzene rings is 1. The van der Waals surface area contributed by atoms with Crippen LogP contribution in [0.5, 0.6) is 0 Å². The third-order valence-electron chi connectivity index (χ3n) is 2.19. The Balaban J connectivity index is 2.77. The number of nitrogen functional groups attached to an aromatic ring is 1. The van der Waals surface area contributed by atoms with Gasteiger partial charge in [0.1, 0.15) is 0 Å². The lowest BCUT2D eigenvalue weighted by Crippen LogP contribution is -1.95. The van der Waals surface area contributed by atoms with Crippen LogP contribution in [0.25, 0.3) is 10.9 Å². The fourth-order valence-corrected chi connectivity index (χ4v) is 1.51. The van der Waals surface area contributed by atoms with Crippen molar-refractivity contribution in [3.63, 3.8) is 0 Å². The van der Waals surface area contributed by atoms with Crippen LogP contribution in [-0.4, -0.2) is 4.98 Å². The Morgan fingerprint density at radius 3 is 3.00 bits per heavy atom. The number of hydrogen-bond donors (Lipinski definition) is 1. The first-order valence-electron chi connectivity index (χ1n) is 4.32. The molecule has 2 N–H and O–H groups in total. The molecule has 1 heterocycles. The van der Waals surface area contributed by atoms with Gasteiger partial charge in [-0.3, -0.25) is 4.98 Å². The van der Waals surface area contributed by atoms with Crippen LogP contribution in [0.4, 0.5) is 5.69 Å². The maximum Gasteiger partial charge on any atom is 0.0706 e. The molecule has 0 aliphatic rings. The zero-order valence-electron chi connectivity index (χ0n) is 7.57. The van der Waals surface area contributed by atoms with Crippen LogP contribution in [0.2, 0.25) is 0 Å². The van der Waals surface area contributed by atoms with Crippen molar-refractivity contribution in [2.24, 2.45) is 0 Å². The summed E-state index contributed by atoms with van der Waals surface area (Å²) in [7, 11) is 0. The molecule has 0 aliphatic heterocycles. The highest BCUT2D eigenvalue weighted by atomic mass is 14.7. The molecule has 0 amide bonds. The minimum Gasteiger partial charge on any atom is -0.398 e. The first-order valence-corrected chi connectivity index (χ1v) is 4.32. The van der Waals surface area contributed by atoms with Crippen LogP contribution in [0.1, 0.15) is 5.56 Å². The van der Waals surface area contributed by atoms with Crippen molar-refractivity contribution in [3.8, 4) is 6.07 Å². The van der Waals surface area contributed by atoms with Crippen LogP contribution in [0.3, 0.4) is 0 Å². The summed E-state index contributed by atoms with van der Waals surface area (Å²) >= 11 is 0. The highest BCUT2D eigenvalue weighted by Gasteiger charge is 2.04. The molecule has 0 bridgehead atoms. The topological polar surface area (TPSA) is 62.7 Å². The zero-order chi connectivity index (χ0) is 9.97. The number of fused-ring (bicyclic) bond motifs is 1. The quantitative estimate of drug-likeness (QED) is 0.686. The number of nitrogens with zero attached hydrogens (tertiary/aromatic N) is 2. The maximum atomic E-state index is 8.68. The molecule has 0 aliphatic carbocycles. The molecule has 3 heteroatoms. The van der Waals surface area contributed by atoms with Crippen molar-refractivity contribution >= 4 is 16.6 Å². The van der Waals surface area contributed by atoms with Crippen molar-refractivity contribution < 1.29 is 0 Å². The van der Waals surface area contributed by atoms with Gasteiger partial charge in [-0.05, 0) is 23.8 Å². The molecular formula is C11H9N3. The number of pyridine rings is 1. The fraction of sp³-hybridized carbons (Fsp3) is 0.0909. The van der Waals surface area contributed by atoms with E-state index in [1.807, 2.05) is 18.2 Å². The summed E-state index contributed by atoms with van der Waals surface area (Å²) in [5, 5.41) is 9.64. The number of anilines is 1.